The van der Waals surface area contributed by atoms with Gasteiger partial charge in [0.2, 0.25) is 0 Å². The second-order valence-electron chi connectivity index (χ2n) is 3.72. The van der Waals surface area contributed by atoms with Crippen LogP contribution in [-0.4, -0.2) is 17.8 Å². The number of hydrogen-bond donors (Lipinski definition) is 1. The monoisotopic (exact) mass is 212 g/mol. The number of benzene rings is 1. The molecule has 0 aliphatic heterocycles. The van der Waals surface area contributed by atoms with Crippen LogP contribution >= 0.6 is 0 Å². The van der Waals surface area contributed by atoms with Crippen LogP contribution < -0.4 is 4.74 Å². The second kappa shape index (κ2) is 5.71. The minimum Gasteiger partial charge on any atom is -0.491 e. The number of aliphatic hydroxyl groups is 1. The Morgan fingerprint density at radius 3 is 2.80 bits per heavy atom. The fraction of sp³-hybridized carbons (Fsp3) is 0.500. The van der Waals surface area contributed by atoms with E-state index in [1.807, 2.05) is 13.8 Å². The summed E-state index contributed by atoms with van der Waals surface area (Å²) < 4.78 is 18.1. The maximum Gasteiger partial charge on any atom is 0.126 e. The minimum atomic E-state index is -0.502. The summed E-state index contributed by atoms with van der Waals surface area (Å²) in [6.07, 6.45) is 0.395. The van der Waals surface area contributed by atoms with E-state index in [0.717, 1.165) is 6.42 Å². The van der Waals surface area contributed by atoms with Crippen LogP contribution in [0.1, 0.15) is 20.3 Å². The van der Waals surface area contributed by atoms with Gasteiger partial charge in [-0.3, -0.25) is 0 Å². The maximum atomic E-state index is 12.8. The lowest BCUT2D eigenvalue weighted by molar-refractivity contribution is 0.0621. The highest BCUT2D eigenvalue weighted by Crippen LogP contribution is 2.14. The molecule has 0 saturated carbocycles. The minimum absolute atomic E-state index is 0.193. The van der Waals surface area contributed by atoms with E-state index in [1.165, 1.54) is 12.1 Å². The summed E-state index contributed by atoms with van der Waals surface area (Å²) in [5, 5.41) is 9.63. The second-order valence-corrected chi connectivity index (χ2v) is 3.72. The van der Waals surface area contributed by atoms with Gasteiger partial charge in [0, 0.05) is 6.07 Å². The van der Waals surface area contributed by atoms with Gasteiger partial charge in [0.1, 0.15) is 18.2 Å². The van der Waals surface area contributed by atoms with E-state index in [2.05, 4.69) is 0 Å². The summed E-state index contributed by atoms with van der Waals surface area (Å²) in [5.41, 5.74) is 0. The van der Waals surface area contributed by atoms with Gasteiger partial charge in [0.15, 0.2) is 0 Å². The molecule has 0 fully saturated rings. The molecule has 2 nitrogen and oxygen atoms in total. The molecule has 1 aromatic carbocycles. The van der Waals surface area contributed by atoms with Gasteiger partial charge in [0.25, 0.3) is 0 Å². The molecule has 0 aliphatic carbocycles. The molecule has 0 radical (unpaired) electrons. The number of aliphatic hydroxyl groups excluding tert-OH is 1. The molecular formula is C12H17FO2. The third-order valence-corrected chi connectivity index (χ3v) is 2.52. The van der Waals surface area contributed by atoms with Gasteiger partial charge < -0.3 is 9.84 Å². The first-order valence-electron chi connectivity index (χ1n) is 5.20. The predicted molar refractivity (Wildman–Crippen MR) is 57.4 cm³/mol. The topological polar surface area (TPSA) is 29.5 Å². The number of rotatable bonds is 5. The highest BCUT2D eigenvalue weighted by molar-refractivity contribution is 5.22. The number of hydrogen-bond acceptors (Lipinski definition) is 2. The smallest absolute Gasteiger partial charge is 0.126 e. The molecule has 1 N–H and O–H groups in total. The van der Waals surface area contributed by atoms with Crippen molar-refractivity contribution in [3.05, 3.63) is 30.1 Å². The van der Waals surface area contributed by atoms with E-state index in [0.29, 0.717) is 5.75 Å². The van der Waals surface area contributed by atoms with Crippen molar-refractivity contribution in [3.8, 4) is 5.75 Å². The van der Waals surface area contributed by atoms with E-state index >= 15 is 0 Å². The lowest BCUT2D eigenvalue weighted by atomic mass is 10.0. The van der Waals surface area contributed by atoms with Crippen LogP contribution in [0.2, 0.25) is 0 Å². The Bertz CT molecular complexity index is 301. The van der Waals surface area contributed by atoms with Crippen LogP contribution in [0.25, 0.3) is 0 Å². The van der Waals surface area contributed by atoms with E-state index in [4.69, 9.17) is 4.74 Å². The summed E-state index contributed by atoms with van der Waals surface area (Å²) in [4.78, 5) is 0. The first kappa shape index (κ1) is 12.0. The largest absolute Gasteiger partial charge is 0.491 e. The third-order valence-electron chi connectivity index (χ3n) is 2.52. The average molecular weight is 212 g/mol. The zero-order valence-electron chi connectivity index (χ0n) is 9.11. The van der Waals surface area contributed by atoms with Crippen LogP contribution in [-0.2, 0) is 0 Å². The fourth-order valence-electron chi connectivity index (χ4n) is 1.17. The molecule has 1 aromatic rings. The van der Waals surface area contributed by atoms with Gasteiger partial charge in [-0.2, -0.15) is 0 Å². The Hall–Kier alpha value is -1.09. The molecule has 15 heavy (non-hydrogen) atoms. The molecule has 1 rings (SSSR count). The molecule has 0 aromatic heterocycles. The van der Waals surface area contributed by atoms with Crippen LogP contribution in [0.4, 0.5) is 4.39 Å². The van der Waals surface area contributed by atoms with Crippen LogP contribution in [0.15, 0.2) is 24.3 Å². The first-order valence-corrected chi connectivity index (χ1v) is 5.20. The van der Waals surface area contributed by atoms with Crippen molar-refractivity contribution in [2.45, 2.75) is 26.4 Å². The molecule has 0 spiro atoms. The summed E-state index contributed by atoms with van der Waals surface area (Å²) in [5.74, 6) is 0.321. The van der Waals surface area contributed by atoms with Crippen molar-refractivity contribution in [1.82, 2.24) is 0 Å². The van der Waals surface area contributed by atoms with Gasteiger partial charge >= 0.3 is 0 Å². The van der Waals surface area contributed by atoms with Crippen LogP contribution in [0, 0.1) is 11.7 Å². The quantitative estimate of drug-likeness (QED) is 0.813. The zero-order chi connectivity index (χ0) is 11.3. The normalized spacial score (nSPS) is 14.7. The fourth-order valence-corrected chi connectivity index (χ4v) is 1.17. The maximum absolute atomic E-state index is 12.8. The van der Waals surface area contributed by atoms with Crippen molar-refractivity contribution in [1.29, 1.82) is 0 Å². The lowest BCUT2D eigenvalue weighted by Crippen LogP contribution is -2.24. The summed E-state index contributed by atoms with van der Waals surface area (Å²) in [6, 6.07) is 5.92. The standard InChI is InChI=1S/C12H17FO2/c1-3-9(2)12(14)8-15-11-6-4-5-10(13)7-11/h4-7,9,12,14H,3,8H2,1-2H3. The zero-order valence-corrected chi connectivity index (χ0v) is 9.11. The Labute approximate surface area is 89.7 Å². The van der Waals surface area contributed by atoms with Crippen molar-refractivity contribution < 1.29 is 14.2 Å². The molecule has 2 unspecified atom stereocenters. The molecule has 3 heteroatoms. The van der Waals surface area contributed by atoms with E-state index < -0.39 is 6.10 Å². The van der Waals surface area contributed by atoms with Crippen molar-refractivity contribution >= 4 is 0 Å². The van der Waals surface area contributed by atoms with E-state index in [-0.39, 0.29) is 18.3 Å². The van der Waals surface area contributed by atoms with Gasteiger partial charge in [0.05, 0.1) is 6.10 Å². The molecule has 0 saturated heterocycles. The van der Waals surface area contributed by atoms with Crippen molar-refractivity contribution in [2.75, 3.05) is 6.61 Å². The SMILES string of the molecule is CCC(C)C(O)COc1cccc(F)c1. The Morgan fingerprint density at radius 1 is 1.47 bits per heavy atom. The molecule has 0 bridgehead atoms. The average Bonchev–Trinajstić information content (AvgIpc) is 2.25. The summed E-state index contributed by atoms with van der Waals surface area (Å²) in [7, 11) is 0. The summed E-state index contributed by atoms with van der Waals surface area (Å²) in [6.45, 7) is 4.17. The first-order chi connectivity index (χ1) is 7.13. The highest BCUT2D eigenvalue weighted by atomic mass is 19.1. The van der Waals surface area contributed by atoms with Crippen LogP contribution in [0.5, 0.6) is 5.75 Å². The van der Waals surface area contributed by atoms with E-state index in [9.17, 15) is 9.50 Å². The van der Waals surface area contributed by atoms with E-state index in [1.54, 1.807) is 12.1 Å². The molecule has 84 valence electrons. The molecule has 2 atom stereocenters. The molecular weight excluding hydrogens is 195 g/mol. The summed E-state index contributed by atoms with van der Waals surface area (Å²) >= 11 is 0. The molecule has 0 heterocycles. The molecule has 0 aliphatic rings. The van der Waals surface area contributed by atoms with Gasteiger partial charge in [-0.1, -0.05) is 26.3 Å². The lowest BCUT2D eigenvalue weighted by Gasteiger charge is -2.17. The Morgan fingerprint density at radius 2 is 2.20 bits per heavy atom. The van der Waals surface area contributed by atoms with Gasteiger partial charge in [-0.15, -0.1) is 0 Å². The molecule has 0 amide bonds. The Kier molecular flexibility index (Phi) is 4.56. The third kappa shape index (κ3) is 3.88. The van der Waals surface area contributed by atoms with Crippen LogP contribution in [0.3, 0.4) is 0 Å². The van der Waals surface area contributed by atoms with Crippen molar-refractivity contribution in [2.24, 2.45) is 5.92 Å². The highest BCUT2D eigenvalue weighted by Gasteiger charge is 2.12. The Balaban J connectivity index is 2.43. The number of ether oxygens (including phenoxy) is 1. The van der Waals surface area contributed by atoms with Crippen molar-refractivity contribution in [3.63, 3.8) is 0 Å². The van der Waals surface area contributed by atoms with Gasteiger partial charge in [-0.05, 0) is 18.1 Å². The van der Waals surface area contributed by atoms with Gasteiger partial charge in [-0.25, -0.2) is 4.39 Å². The number of halogens is 1. The predicted octanol–water partition coefficient (Wildman–Crippen LogP) is 2.61.